The number of hydrogen-bond donors (Lipinski definition) is 1. The third-order valence-electron chi connectivity index (χ3n) is 2.46. The van der Waals surface area contributed by atoms with Gasteiger partial charge in [-0.15, -0.1) is 0 Å². The van der Waals surface area contributed by atoms with E-state index in [9.17, 15) is 4.79 Å². The number of esters is 1. The average molecular weight is 259 g/mol. The van der Waals surface area contributed by atoms with Crippen LogP contribution >= 0.6 is 0 Å². The molecule has 0 rings (SSSR count). The summed E-state index contributed by atoms with van der Waals surface area (Å²) in [7, 11) is 0. The highest BCUT2D eigenvalue weighted by molar-refractivity contribution is 5.75. The van der Waals surface area contributed by atoms with E-state index in [1.807, 2.05) is 27.7 Å². The maximum absolute atomic E-state index is 11.7. The predicted molar refractivity (Wildman–Crippen MR) is 73.6 cm³/mol. The lowest BCUT2D eigenvalue weighted by Crippen LogP contribution is -2.45. The molecule has 2 atom stereocenters. The molecule has 108 valence electrons. The molecule has 18 heavy (non-hydrogen) atoms. The Kier molecular flexibility index (Phi) is 9.02. The SMILES string of the molecule is CCOC(=O)C(COC(C)CC(C)C)NC(C)C. The maximum Gasteiger partial charge on any atom is 0.325 e. The Morgan fingerprint density at radius 1 is 1.17 bits per heavy atom. The van der Waals surface area contributed by atoms with Gasteiger partial charge in [-0.1, -0.05) is 27.7 Å². The van der Waals surface area contributed by atoms with Crippen molar-refractivity contribution in [3.63, 3.8) is 0 Å². The average Bonchev–Trinajstić information content (AvgIpc) is 2.22. The lowest BCUT2D eigenvalue weighted by molar-refractivity contribution is -0.148. The molecule has 0 heterocycles. The van der Waals surface area contributed by atoms with Crippen molar-refractivity contribution in [2.24, 2.45) is 5.92 Å². The molecule has 0 aliphatic heterocycles. The van der Waals surface area contributed by atoms with Crippen molar-refractivity contribution in [1.82, 2.24) is 5.32 Å². The van der Waals surface area contributed by atoms with Crippen molar-refractivity contribution in [3.05, 3.63) is 0 Å². The van der Waals surface area contributed by atoms with Gasteiger partial charge in [0.2, 0.25) is 0 Å². The lowest BCUT2D eigenvalue weighted by Gasteiger charge is -2.22. The molecular weight excluding hydrogens is 230 g/mol. The van der Waals surface area contributed by atoms with E-state index < -0.39 is 0 Å². The van der Waals surface area contributed by atoms with Crippen LogP contribution in [0, 0.1) is 5.92 Å². The summed E-state index contributed by atoms with van der Waals surface area (Å²) in [5.41, 5.74) is 0. The van der Waals surface area contributed by atoms with E-state index in [2.05, 4.69) is 19.2 Å². The number of rotatable bonds is 9. The van der Waals surface area contributed by atoms with Gasteiger partial charge in [-0.25, -0.2) is 0 Å². The van der Waals surface area contributed by atoms with Gasteiger partial charge in [-0.3, -0.25) is 4.79 Å². The van der Waals surface area contributed by atoms with Gasteiger partial charge in [0.15, 0.2) is 0 Å². The van der Waals surface area contributed by atoms with Crippen LogP contribution in [0.15, 0.2) is 0 Å². The smallest absolute Gasteiger partial charge is 0.325 e. The van der Waals surface area contributed by atoms with E-state index in [0.717, 1.165) is 6.42 Å². The summed E-state index contributed by atoms with van der Waals surface area (Å²) < 4.78 is 10.8. The minimum absolute atomic E-state index is 0.163. The fraction of sp³-hybridized carbons (Fsp3) is 0.929. The summed E-state index contributed by atoms with van der Waals surface area (Å²) in [6.07, 6.45) is 1.16. The van der Waals surface area contributed by atoms with Gasteiger partial charge in [-0.2, -0.15) is 0 Å². The zero-order chi connectivity index (χ0) is 14.1. The Hall–Kier alpha value is -0.610. The highest BCUT2D eigenvalue weighted by Gasteiger charge is 2.21. The molecule has 0 saturated carbocycles. The van der Waals surface area contributed by atoms with E-state index in [4.69, 9.17) is 9.47 Å². The number of ether oxygens (including phenoxy) is 2. The van der Waals surface area contributed by atoms with Crippen LogP contribution in [-0.2, 0) is 14.3 Å². The molecule has 0 radical (unpaired) electrons. The molecule has 0 amide bonds. The number of nitrogens with one attached hydrogen (secondary N) is 1. The molecule has 0 bridgehead atoms. The molecule has 2 unspecified atom stereocenters. The minimum atomic E-state index is -0.375. The largest absolute Gasteiger partial charge is 0.465 e. The normalized spacial score (nSPS) is 14.9. The van der Waals surface area contributed by atoms with Gasteiger partial charge >= 0.3 is 5.97 Å². The summed E-state index contributed by atoms with van der Waals surface area (Å²) in [5.74, 6) is 0.363. The monoisotopic (exact) mass is 259 g/mol. The first kappa shape index (κ1) is 17.4. The molecule has 0 aromatic rings. The quantitative estimate of drug-likeness (QED) is 0.646. The van der Waals surface area contributed by atoms with Gasteiger partial charge in [0.05, 0.1) is 19.3 Å². The van der Waals surface area contributed by atoms with Crippen molar-refractivity contribution in [2.75, 3.05) is 13.2 Å². The van der Waals surface area contributed by atoms with Crippen LogP contribution in [0.25, 0.3) is 0 Å². The second-order valence-electron chi connectivity index (χ2n) is 5.40. The molecular formula is C14H29NO3. The van der Waals surface area contributed by atoms with E-state index in [1.165, 1.54) is 0 Å². The van der Waals surface area contributed by atoms with E-state index >= 15 is 0 Å². The second kappa shape index (κ2) is 9.34. The summed E-state index contributed by atoms with van der Waals surface area (Å²) >= 11 is 0. The predicted octanol–water partition coefficient (Wildman–Crippen LogP) is 2.37. The van der Waals surface area contributed by atoms with Gasteiger partial charge in [-0.05, 0) is 26.2 Å². The number of carbonyl (C=O) groups excluding carboxylic acids is 1. The molecule has 0 fully saturated rings. The standard InChI is InChI=1S/C14H29NO3/c1-7-17-14(16)13(15-11(4)5)9-18-12(6)8-10(2)3/h10-13,15H,7-9H2,1-6H3. The Labute approximate surface area is 111 Å². The first-order valence-corrected chi connectivity index (χ1v) is 6.91. The fourth-order valence-electron chi connectivity index (χ4n) is 1.82. The Morgan fingerprint density at radius 3 is 2.22 bits per heavy atom. The molecule has 0 aliphatic carbocycles. The van der Waals surface area contributed by atoms with Crippen molar-refractivity contribution in [2.45, 2.75) is 66.2 Å². The molecule has 0 aromatic heterocycles. The van der Waals surface area contributed by atoms with Crippen LogP contribution in [0.4, 0.5) is 0 Å². The molecule has 0 saturated heterocycles. The molecule has 0 aliphatic rings. The zero-order valence-corrected chi connectivity index (χ0v) is 12.7. The van der Waals surface area contributed by atoms with Crippen LogP contribution in [-0.4, -0.2) is 37.4 Å². The van der Waals surface area contributed by atoms with E-state index in [1.54, 1.807) is 0 Å². The second-order valence-corrected chi connectivity index (χ2v) is 5.40. The van der Waals surface area contributed by atoms with Crippen molar-refractivity contribution >= 4 is 5.97 Å². The first-order chi connectivity index (χ1) is 8.36. The zero-order valence-electron chi connectivity index (χ0n) is 12.7. The van der Waals surface area contributed by atoms with Crippen molar-refractivity contribution < 1.29 is 14.3 Å². The van der Waals surface area contributed by atoms with Crippen LogP contribution in [0.5, 0.6) is 0 Å². The Bertz CT molecular complexity index is 229. The summed E-state index contributed by atoms with van der Waals surface area (Å²) in [5, 5.41) is 3.17. The topological polar surface area (TPSA) is 47.6 Å². The van der Waals surface area contributed by atoms with Gasteiger partial charge in [0.1, 0.15) is 6.04 Å². The summed E-state index contributed by atoms with van der Waals surface area (Å²) in [6.45, 7) is 12.9. The van der Waals surface area contributed by atoms with Gasteiger partial charge in [0.25, 0.3) is 0 Å². The lowest BCUT2D eigenvalue weighted by atomic mass is 10.1. The first-order valence-electron chi connectivity index (χ1n) is 6.91. The van der Waals surface area contributed by atoms with Crippen molar-refractivity contribution in [3.8, 4) is 0 Å². The highest BCUT2D eigenvalue weighted by atomic mass is 16.5. The third kappa shape index (κ3) is 8.48. The van der Waals surface area contributed by atoms with Gasteiger partial charge in [0, 0.05) is 6.04 Å². The molecule has 0 aromatic carbocycles. The Morgan fingerprint density at radius 2 is 1.78 bits per heavy atom. The molecule has 4 heteroatoms. The maximum atomic E-state index is 11.7. The number of carbonyl (C=O) groups is 1. The summed E-state index contributed by atoms with van der Waals surface area (Å²) in [4.78, 5) is 11.7. The minimum Gasteiger partial charge on any atom is -0.465 e. The molecule has 1 N–H and O–H groups in total. The summed E-state index contributed by atoms with van der Waals surface area (Å²) in [6, 6.07) is -0.150. The molecule has 4 nitrogen and oxygen atoms in total. The third-order valence-corrected chi connectivity index (χ3v) is 2.46. The fourth-order valence-corrected chi connectivity index (χ4v) is 1.82. The van der Waals surface area contributed by atoms with Crippen LogP contribution in [0.3, 0.4) is 0 Å². The van der Waals surface area contributed by atoms with Crippen LogP contribution in [0.1, 0.15) is 48.0 Å². The molecule has 0 spiro atoms. The van der Waals surface area contributed by atoms with Crippen LogP contribution in [0.2, 0.25) is 0 Å². The van der Waals surface area contributed by atoms with E-state index in [0.29, 0.717) is 19.1 Å². The number of hydrogen-bond acceptors (Lipinski definition) is 4. The van der Waals surface area contributed by atoms with E-state index in [-0.39, 0.29) is 24.2 Å². The Balaban J connectivity index is 4.19. The highest BCUT2D eigenvalue weighted by Crippen LogP contribution is 2.08. The van der Waals surface area contributed by atoms with Crippen LogP contribution < -0.4 is 5.32 Å². The van der Waals surface area contributed by atoms with Gasteiger partial charge < -0.3 is 14.8 Å². The van der Waals surface area contributed by atoms with Crippen molar-refractivity contribution in [1.29, 1.82) is 0 Å².